The number of hydrogen-bond donors (Lipinski definition) is 0. The molecule has 0 bridgehead atoms. The van der Waals surface area contributed by atoms with E-state index in [4.69, 9.17) is 0 Å². The van der Waals surface area contributed by atoms with Crippen LogP contribution in [-0.4, -0.2) is 19.4 Å². The molecule has 0 saturated carbocycles. The van der Waals surface area contributed by atoms with Gasteiger partial charge >= 0.3 is 0 Å². The zero-order valence-corrected chi connectivity index (χ0v) is 10.2. The zero-order chi connectivity index (χ0) is 11.1. The van der Waals surface area contributed by atoms with E-state index < -0.39 is 0 Å². The van der Waals surface area contributed by atoms with Crippen LogP contribution in [0, 0.1) is 0 Å². The molecule has 3 aromatic heterocycles. The molecule has 80 valence electrons. The summed E-state index contributed by atoms with van der Waals surface area (Å²) >= 11 is 3.47. The largest absolute Gasteiger partial charge is 0.275 e. The van der Waals surface area contributed by atoms with Gasteiger partial charge in [-0.05, 0) is 33.6 Å². The van der Waals surface area contributed by atoms with Gasteiger partial charge in [-0.2, -0.15) is 10.2 Å². The first-order valence-corrected chi connectivity index (χ1v) is 5.65. The predicted molar refractivity (Wildman–Crippen MR) is 65.1 cm³/mol. The van der Waals surface area contributed by atoms with E-state index in [0.717, 1.165) is 21.1 Å². The molecule has 0 N–H and O–H groups in total. The van der Waals surface area contributed by atoms with E-state index in [2.05, 4.69) is 32.2 Å². The van der Waals surface area contributed by atoms with Crippen molar-refractivity contribution in [2.75, 3.05) is 0 Å². The van der Waals surface area contributed by atoms with Crippen LogP contribution in [0.4, 0.5) is 0 Å². The van der Waals surface area contributed by atoms with Gasteiger partial charge < -0.3 is 0 Å². The Morgan fingerprint density at radius 1 is 1.19 bits per heavy atom. The maximum Gasteiger partial charge on any atom is 0.0810 e. The summed E-state index contributed by atoms with van der Waals surface area (Å²) in [7, 11) is 1.91. The number of halogens is 1. The third kappa shape index (κ3) is 1.44. The van der Waals surface area contributed by atoms with Crippen molar-refractivity contribution in [3.8, 4) is 11.1 Å². The van der Waals surface area contributed by atoms with Crippen LogP contribution in [0.15, 0.2) is 41.4 Å². The Labute approximate surface area is 101 Å². The monoisotopic (exact) mass is 276 g/mol. The number of pyridine rings is 1. The summed E-state index contributed by atoms with van der Waals surface area (Å²) in [6, 6.07) is 4.12. The van der Waals surface area contributed by atoms with E-state index in [1.807, 2.05) is 36.2 Å². The van der Waals surface area contributed by atoms with E-state index in [0.29, 0.717) is 0 Å². The van der Waals surface area contributed by atoms with Crippen LogP contribution in [0.2, 0.25) is 0 Å². The van der Waals surface area contributed by atoms with Gasteiger partial charge in [0.2, 0.25) is 0 Å². The number of fused-ring (bicyclic) bond motifs is 1. The topological polar surface area (TPSA) is 35.1 Å². The van der Waals surface area contributed by atoms with E-state index in [1.54, 1.807) is 10.9 Å². The van der Waals surface area contributed by atoms with Gasteiger partial charge in [-0.1, -0.05) is 0 Å². The van der Waals surface area contributed by atoms with Gasteiger partial charge in [0.15, 0.2) is 0 Å². The molecule has 0 radical (unpaired) electrons. The van der Waals surface area contributed by atoms with Crippen LogP contribution in [0.5, 0.6) is 0 Å². The lowest BCUT2D eigenvalue weighted by Gasteiger charge is -1.98. The molecule has 4 nitrogen and oxygen atoms in total. The molecule has 0 aromatic carbocycles. The lowest BCUT2D eigenvalue weighted by Crippen LogP contribution is -1.86. The second-order valence-corrected chi connectivity index (χ2v) is 4.49. The van der Waals surface area contributed by atoms with E-state index >= 15 is 0 Å². The molecular weight excluding hydrogens is 268 g/mol. The molecule has 0 saturated heterocycles. The Morgan fingerprint density at radius 2 is 2.06 bits per heavy atom. The Bertz CT molecular complexity index is 653. The van der Waals surface area contributed by atoms with Gasteiger partial charge in [-0.15, -0.1) is 0 Å². The smallest absolute Gasteiger partial charge is 0.0810 e. The first-order valence-electron chi connectivity index (χ1n) is 4.86. The fourth-order valence-corrected chi connectivity index (χ4v) is 2.09. The molecule has 3 heterocycles. The first kappa shape index (κ1) is 9.59. The summed E-state index contributed by atoms with van der Waals surface area (Å²) in [5, 5.41) is 8.37. The standard InChI is InChI=1S/C11H9BrN4/c1-15-7-9(5-13-15)8-2-3-16-11(4-8)10(12)6-14-16/h2-7H,1H3. The van der Waals surface area contributed by atoms with Crippen LogP contribution in [0.3, 0.4) is 0 Å². The number of hydrogen-bond acceptors (Lipinski definition) is 2. The Hall–Kier alpha value is -1.62. The third-order valence-corrected chi connectivity index (χ3v) is 3.12. The summed E-state index contributed by atoms with van der Waals surface area (Å²) < 4.78 is 4.63. The molecule has 5 heteroatoms. The highest BCUT2D eigenvalue weighted by molar-refractivity contribution is 9.10. The molecule has 16 heavy (non-hydrogen) atoms. The van der Waals surface area contributed by atoms with E-state index in [9.17, 15) is 0 Å². The number of rotatable bonds is 1. The molecule has 0 fully saturated rings. The molecule has 0 spiro atoms. The Kier molecular flexibility index (Phi) is 2.07. The van der Waals surface area contributed by atoms with Gasteiger partial charge in [0, 0.05) is 25.0 Å². The Balaban J connectivity index is 2.21. The quantitative estimate of drug-likeness (QED) is 0.685. The number of aromatic nitrogens is 4. The van der Waals surface area contributed by atoms with Crippen molar-refractivity contribution >= 4 is 21.4 Å². The summed E-state index contributed by atoms with van der Waals surface area (Å²) in [6.45, 7) is 0. The average molecular weight is 277 g/mol. The summed E-state index contributed by atoms with van der Waals surface area (Å²) in [4.78, 5) is 0. The molecule has 0 aliphatic carbocycles. The maximum absolute atomic E-state index is 4.21. The molecule has 0 unspecified atom stereocenters. The minimum absolute atomic E-state index is 0.998. The second-order valence-electron chi connectivity index (χ2n) is 3.64. The van der Waals surface area contributed by atoms with Crippen LogP contribution in [0.1, 0.15) is 0 Å². The number of aryl methyl sites for hydroxylation is 1. The molecular formula is C11H9BrN4. The second kappa shape index (κ2) is 3.45. The minimum Gasteiger partial charge on any atom is -0.275 e. The number of nitrogens with zero attached hydrogens (tertiary/aromatic N) is 4. The van der Waals surface area contributed by atoms with Crippen molar-refractivity contribution in [3.63, 3.8) is 0 Å². The van der Waals surface area contributed by atoms with Gasteiger partial charge in [0.25, 0.3) is 0 Å². The van der Waals surface area contributed by atoms with Crippen molar-refractivity contribution in [1.29, 1.82) is 0 Å². The van der Waals surface area contributed by atoms with Crippen molar-refractivity contribution in [2.45, 2.75) is 0 Å². The lowest BCUT2D eigenvalue weighted by molar-refractivity contribution is 0.768. The lowest BCUT2D eigenvalue weighted by atomic mass is 10.1. The SMILES string of the molecule is Cn1cc(-c2ccn3ncc(Br)c3c2)cn1. The first-order chi connectivity index (χ1) is 7.74. The van der Waals surface area contributed by atoms with Crippen LogP contribution < -0.4 is 0 Å². The van der Waals surface area contributed by atoms with Crippen LogP contribution >= 0.6 is 15.9 Å². The maximum atomic E-state index is 4.21. The molecule has 3 aromatic rings. The van der Waals surface area contributed by atoms with Crippen molar-refractivity contribution < 1.29 is 0 Å². The van der Waals surface area contributed by atoms with Crippen LogP contribution in [0.25, 0.3) is 16.6 Å². The highest BCUT2D eigenvalue weighted by atomic mass is 79.9. The van der Waals surface area contributed by atoms with Crippen molar-refractivity contribution in [1.82, 2.24) is 19.4 Å². The molecule has 0 amide bonds. The highest BCUT2D eigenvalue weighted by Crippen LogP contribution is 2.24. The van der Waals surface area contributed by atoms with E-state index in [-0.39, 0.29) is 0 Å². The fraction of sp³-hybridized carbons (Fsp3) is 0.0909. The molecule has 0 aliphatic rings. The normalized spacial score (nSPS) is 11.1. The van der Waals surface area contributed by atoms with Crippen molar-refractivity contribution in [2.24, 2.45) is 7.05 Å². The summed E-state index contributed by atoms with van der Waals surface area (Å²) in [5.74, 6) is 0. The van der Waals surface area contributed by atoms with Crippen molar-refractivity contribution in [3.05, 3.63) is 41.4 Å². The third-order valence-electron chi connectivity index (χ3n) is 2.51. The fourth-order valence-electron chi connectivity index (χ4n) is 1.70. The van der Waals surface area contributed by atoms with Gasteiger partial charge in [-0.3, -0.25) is 4.68 Å². The van der Waals surface area contributed by atoms with E-state index in [1.165, 1.54) is 0 Å². The van der Waals surface area contributed by atoms with Crippen LogP contribution in [-0.2, 0) is 7.05 Å². The highest BCUT2D eigenvalue weighted by Gasteiger charge is 2.04. The zero-order valence-electron chi connectivity index (χ0n) is 8.63. The molecule has 0 atom stereocenters. The van der Waals surface area contributed by atoms with Gasteiger partial charge in [0.05, 0.1) is 22.4 Å². The molecule has 0 aliphatic heterocycles. The average Bonchev–Trinajstić information content (AvgIpc) is 2.86. The Morgan fingerprint density at radius 3 is 2.81 bits per heavy atom. The summed E-state index contributed by atoms with van der Waals surface area (Å²) in [5.41, 5.74) is 3.31. The van der Waals surface area contributed by atoms with Gasteiger partial charge in [0.1, 0.15) is 0 Å². The van der Waals surface area contributed by atoms with Gasteiger partial charge in [-0.25, -0.2) is 4.52 Å². The predicted octanol–water partition coefficient (Wildman–Crippen LogP) is 2.50. The molecule has 3 rings (SSSR count). The minimum atomic E-state index is 0.998. The summed E-state index contributed by atoms with van der Waals surface area (Å²) in [6.07, 6.45) is 7.59.